The smallest absolute Gasteiger partial charge is 0.240 e. The number of halogens is 1. The first-order valence-electron chi connectivity index (χ1n) is 7.68. The van der Waals surface area contributed by atoms with Gasteiger partial charge < -0.3 is 14.4 Å². The standard InChI is InChI=1S/C17H19ClN2O4S/c1-20(2)15(12-3-5-13(18)6-4-12)10-19-25(21,22)14-7-8-16-17(9-14)24-11-23-16/h3-9,15,19H,10-11H2,1-2H3. The summed E-state index contributed by atoms with van der Waals surface area (Å²) in [4.78, 5) is 2.09. The van der Waals surface area contributed by atoms with E-state index in [0.717, 1.165) is 5.56 Å². The van der Waals surface area contributed by atoms with E-state index in [1.54, 1.807) is 18.2 Å². The van der Waals surface area contributed by atoms with E-state index in [4.69, 9.17) is 21.1 Å². The summed E-state index contributed by atoms with van der Waals surface area (Å²) in [6.45, 7) is 0.330. The fourth-order valence-corrected chi connectivity index (χ4v) is 3.78. The molecule has 0 spiro atoms. The van der Waals surface area contributed by atoms with Gasteiger partial charge in [0.2, 0.25) is 16.8 Å². The van der Waals surface area contributed by atoms with Gasteiger partial charge in [-0.1, -0.05) is 23.7 Å². The zero-order valence-corrected chi connectivity index (χ0v) is 15.5. The van der Waals surface area contributed by atoms with E-state index in [1.165, 1.54) is 12.1 Å². The summed E-state index contributed by atoms with van der Waals surface area (Å²) in [5, 5.41) is 0.641. The minimum atomic E-state index is -3.66. The molecule has 1 unspecified atom stereocenters. The molecule has 1 aliphatic heterocycles. The van der Waals surface area contributed by atoms with Crippen LogP contribution in [0.4, 0.5) is 0 Å². The predicted molar refractivity (Wildman–Crippen MR) is 95.6 cm³/mol. The van der Waals surface area contributed by atoms with Crippen molar-refractivity contribution >= 4 is 21.6 Å². The van der Waals surface area contributed by atoms with Crippen molar-refractivity contribution < 1.29 is 17.9 Å². The Morgan fingerprint density at radius 2 is 1.80 bits per heavy atom. The maximum Gasteiger partial charge on any atom is 0.240 e. The molecule has 134 valence electrons. The van der Waals surface area contributed by atoms with Gasteiger partial charge in [0.05, 0.1) is 4.90 Å². The molecule has 1 N–H and O–H groups in total. The molecule has 6 nitrogen and oxygen atoms in total. The zero-order chi connectivity index (χ0) is 18.0. The van der Waals surface area contributed by atoms with Crippen LogP contribution in [0.2, 0.25) is 5.02 Å². The van der Waals surface area contributed by atoms with E-state index in [-0.39, 0.29) is 24.3 Å². The van der Waals surface area contributed by atoms with Crippen LogP contribution in [0.1, 0.15) is 11.6 Å². The van der Waals surface area contributed by atoms with Gasteiger partial charge in [-0.15, -0.1) is 0 Å². The molecule has 3 rings (SSSR count). The molecule has 1 atom stereocenters. The highest BCUT2D eigenvalue weighted by molar-refractivity contribution is 7.89. The van der Waals surface area contributed by atoms with Gasteiger partial charge in [0, 0.05) is 23.7 Å². The van der Waals surface area contributed by atoms with Gasteiger partial charge >= 0.3 is 0 Å². The number of likely N-dealkylation sites (N-methyl/N-ethyl adjacent to an activating group) is 1. The normalized spacial score (nSPS) is 14.7. The number of hydrogen-bond donors (Lipinski definition) is 1. The topological polar surface area (TPSA) is 67.9 Å². The maximum absolute atomic E-state index is 12.6. The average Bonchev–Trinajstić information content (AvgIpc) is 3.04. The van der Waals surface area contributed by atoms with E-state index in [2.05, 4.69) is 4.72 Å². The van der Waals surface area contributed by atoms with E-state index in [0.29, 0.717) is 16.5 Å². The van der Waals surface area contributed by atoms with Crippen LogP contribution < -0.4 is 14.2 Å². The number of nitrogens with one attached hydrogen (secondary N) is 1. The van der Waals surface area contributed by atoms with Crippen molar-refractivity contribution in [1.82, 2.24) is 9.62 Å². The number of fused-ring (bicyclic) bond motifs is 1. The highest BCUT2D eigenvalue weighted by Gasteiger charge is 2.22. The van der Waals surface area contributed by atoms with Crippen LogP contribution >= 0.6 is 11.6 Å². The molecule has 2 aromatic rings. The molecule has 0 amide bonds. The first-order chi connectivity index (χ1) is 11.9. The Morgan fingerprint density at radius 3 is 2.48 bits per heavy atom. The maximum atomic E-state index is 12.6. The number of nitrogens with zero attached hydrogens (tertiary/aromatic N) is 1. The number of sulfonamides is 1. The van der Waals surface area contributed by atoms with Crippen molar-refractivity contribution in [1.29, 1.82) is 0 Å². The fraction of sp³-hybridized carbons (Fsp3) is 0.294. The fourth-order valence-electron chi connectivity index (χ4n) is 2.60. The van der Waals surface area contributed by atoms with Crippen molar-refractivity contribution in [2.75, 3.05) is 27.4 Å². The van der Waals surface area contributed by atoms with Crippen molar-refractivity contribution in [2.45, 2.75) is 10.9 Å². The van der Waals surface area contributed by atoms with Crippen molar-refractivity contribution in [3.63, 3.8) is 0 Å². The highest BCUT2D eigenvalue weighted by Crippen LogP contribution is 2.33. The number of rotatable bonds is 6. The lowest BCUT2D eigenvalue weighted by Gasteiger charge is -2.25. The summed E-state index contributed by atoms with van der Waals surface area (Å²) in [5.41, 5.74) is 0.975. The number of benzene rings is 2. The highest BCUT2D eigenvalue weighted by atomic mass is 35.5. The molecule has 8 heteroatoms. The summed E-state index contributed by atoms with van der Waals surface area (Å²) in [7, 11) is 0.129. The molecular formula is C17H19ClN2O4S. The molecule has 0 saturated carbocycles. The Labute approximate surface area is 152 Å². The SMILES string of the molecule is CN(C)C(CNS(=O)(=O)c1ccc2c(c1)OCO2)c1ccc(Cl)cc1. The van der Waals surface area contributed by atoms with Crippen LogP contribution in [-0.4, -0.2) is 40.8 Å². The summed E-state index contributed by atoms with van der Waals surface area (Å²) in [5.74, 6) is 0.982. The Morgan fingerprint density at radius 1 is 1.12 bits per heavy atom. The lowest BCUT2D eigenvalue weighted by atomic mass is 10.1. The number of hydrogen-bond acceptors (Lipinski definition) is 5. The van der Waals surface area contributed by atoms with Crippen LogP contribution in [0.5, 0.6) is 11.5 Å². The third-order valence-electron chi connectivity index (χ3n) is 4.00. The lowest BCUT2D eigenvalue weighted by molar-refractivity contribution is 0.174. The van der Waals surface area contributed by atoms with E-state index >= 15 is 0 Å². The Kier molecular flexibility index (Phi) is 5.19. The first kappa shape index (κ1) is 18.0. The minimum Gasteiger partial charge on any atom is -0.454 e. The Hall–Kier alpha value is -1.80. The molecule has 1 aliphatic rings. The second kappa shape index (κ2) is 7.21. The predicted octanol–water partition coefficient (Wildman–Crippen LogP) is 2.65. The van der Waals surface area contributed by atoms with E-state index in [9.17, 15) is 8.42 Å². The van der Waals surface area contributed by atoms with Gasteiger partial charge in [0.25, 0.3) is 0 Å². The van der Waals surface area contributed by atoms with Crippen LogP contribution in [0, 0.1) is 0 Å². The summed E-state index contributed by atoms with van der Waals surface area (Å²) in [6, 6.07) is 11.8. The van der Waals surface area contributed by atoms with E-state index < -0.39 is 10.0 Å². The monoisotopic (exact) mass is 382 g/mol. The van der Waals surface area contributed by atoms with Crippen LogP contribution in [-0.2, 0) is 10.0 Å². The lowest BCUT2D eigenvalue weighted by Crippen LogP contribution is -2.34. The summed E-state index contributed by atoms with van der Waals surface area (Å²) < 4.78 is 38.3. The quantitative estimate of drug-likeness (QED) is 0.831. The van der Waals surface area contributed by atoms with Gasteiger partial charge in [-0.2, -0.15) is 0 Å². The van der Waals surface area contributed by atoms with Crippen LogP contribution in [0.15, 0.2) is 47.4 Å². The van der Waals surface area contributed by atoms with Crippen LogP contribution in [0.3, 0.4) is 0 Å². The molecule has 0 aliphatic carbocycles. The van der Waals surface area contributed by atoms with Crippen LogP contribution in [0.25, 0.3) is 0 Å². The molecule has 0 radical (unpaired) electrons. The molecule has 2 aromatic carbocycles. The minimum absolute atomic E-state index is 0.103. The third kappa shape index (κ3) is 4.07. The van der Waals surface area contributed by atoms with Crippen molar-refractivity contribution in [3.05, 3.63) is 53.1 Å². The Bertz CT molecular complexity index is 853. The molecule has 1 heterocycles. The number of ether oxygens (including phenoxy) is 2. The second-order valence-electron chi connectivity index (χ2n) is 5.90. The second-order valence-corrected chi connectivity index (χ2v) is 8.10. The van der Waals surface area contributed by atoms with Gasteiger partial charge in [-0.05, 0) is 43.9 Å². The van der Waals surface area contributed by atoms with Crippen molar-refractivity contribution in [3.8, 4) is 11.5 Å². The largest absolute Gasteiger partial charge is 0.454 e. The Balaban J connectivity index is 1.76. The van der Waals surface area contributed by atoms with Gasteiger partial charge in [0.1, 0.15) is 0 Å². The summed E-state index contributed by atoms with van der Waals surface area (Å²) in [6.07, 6.45) is 0. The molecule has 25 heavy (non-hydrogen) atoms. The zero-order valence-electron chi connectivity index (χ0n) is 13.9. The van der Waals surface area contributed by atoms with Crippen molar-refractivity contribution in [2.24, 2.45) is 0 Å². The summed E-state index contributed by atoms with van der Waals surface area (Å²) >= 11 is 5.92. The molecule has 0 aromatic heterocycles. The molecular weight excluding hydrogens is 364 g/mol. The molecule has 0 bridgehead atoms. The molecule has 0 saturated heterocycles. The molecule has 0 fully saturated rings. The third-order valence-corrected chi connectivity index (χ3v) is 5.67. The van der Waals surface area contributed by atoms with Gasteiger partial charge in [0.15, 0.2) is 11.5 Å². The van der Waals surface area contributed by atoms with Gasteiger partial charge in [-0.3, -0.25) is 0 Å². The van der Waals surface area contributed by atoms with Gasteiger partial charge in [-0.25, -0.2) is 13.1 Å². The first-order valence-corrected chi connectivity index (χ1v) is 9.54. The average molecular weight is 383 g/mol. The van der Waals surface area contributed by atoms with E-state index in [1.807, 2.05) is 31.1 Å².